The van der Waals surface area contributed by atoms with Crippen LogP contribution in [0.4, 0.5) is 4.39 Å². The van der Waals surface area contributed by atoms with Crippen molar-refractivity contribution in [1.29, 1.82) is 0 Å². The summed E-state index contributed by atoms with van der Waals surface area (Å²) >= 11 is 5.63. The summed E-state index contributed by atoms with van der Waals surface area (Å²) in [6, 6.07) is 1.51. The number of rotatable bonds is 2. The smallest absolute Gasteiger partial charge is 0.340 e. The first kappa shape index (κ1) is 16.2. The minimum absolute atomic E-state index is 0.393. The van der Waals surface area contributed by atoms with E-state index in [0.29, 0.717) is 6.07 Å². The molecule has 0 amide bonds. The Morgan fingerprint density at radius 2 is 1.84 bits per heavy atom. The zero-order valence-electron chi connectivity index (χ0n) is 10.3. The van der Waals surface area contributed by atoms with Gasteiger partial charge in [0.15, 0.2) is 0 Å². The highest BCUT2D eigenvalue weighted by molar-refractivity contribution is 8.13. The molecular formula is C11H11Cl2FO4S. The van der Waals surface area contributed by atoms with E-state index >= 15 is 0 Å². The van der Waals surface area contributed by atoms with Crippen LogP contribution in [0, 0.1) is 5.82 Å². The van der Waals surface area contributed by atoms with Gasteiger partial charge in [-0.05, 0) is 32.9 Å². The highest BCUT2D eigenvalue weighted by Crippen LogP contribution is 2.27. The number of halogens is 3. The summed E-state index contributed by atoms with van der Waals surface area (Å²) in [5.41, 5.74) is -1.22. The second-order valence-corrected chi connectivity index (χ2v) is 7.65. The highest BCUT2D eigenvalue weighted by Gasteiger charge is 2.24. The molecule has 0 saturated heterocycles. The molecule has 0 atom stereocenters. The van der Waals surface area contributed by atoms with E-state index in [1.54, 1.807) is 20.8 Å². The van der Waals surface area contributed by atoms with Crippen LogP contribution in [0.5, 0.6) is 0 Å². The van der Waals surface area contributed by atoms with Gasteiger partial charge in [0.1, 0.15) is 11.4 Å². The topological polar surface area (TPSA) is 60.4 Å². The Hall–Kier alpha value is -0.850. The second kappa shape index (κ2) is 5.26. The number of esters is 1. The predicted molar refractivity (Wildman–Crippen MR) is 69.6 cm³/mol. The number of carbonyl (C=O) groups is 1. The van der Waals surface area contributed by atoms with Gasteiger partial charge in [0, 0.05) is 10.7 Å². The van der Waals surface area contributed by atoms with Gasteiger partial charge >= 0.3 is 5.97 Å². The molecule has 0 aliphatic rings. The van der Waals surface area contributed by atoms with Crippen molar-refractivity contribution in [2.24, 2.45) is 0 Å². The fourth-order valence-electron chi connectivity index (χ4n) is 1.19. The van der Waals surface area contributed by atoms with Gasteiger partial charge in [0.25, 0.3) is 9.05 Å². The summed E-state index contributed by atoms with van der Waals surface area (Å²) in [6.45, 7) is 4.83. The van der Waals surface area contributed by atoms with Crippen LogP contribution in [0.25, 0.3) is 0 Å². The molecule has 0 bridgehead atoms. The van der Waals surface area contributed by atoms with Crippen LogP contribution in [0.1, 0.15) is 31.1 Å². The molecule has 0 unspecified atom stereocenters. The van der Waals surface area contributed by atoms with Crippen molar-refractivity contribution in [2.45, 2.75) is 31.3 Å². The molecule has 0 aliphatic carbocycles. The molecule has 0 saturated carbocycles. The summed E-state index contributed by atoms with van der Waals surface area (Å²) in [4.78, 5) is 11.2. The van der Waals surface area contributed by atoms with Crippen LogP contribution < -0.4 is 0 Å². The Morgan fingerprint density at radius 1 is 1.32 bits per heavy atom. The fraction of sp³-hybridized carbons (Fsp3) is 0.364. The van der Waals surface area contributed by atoms with E-state index in [0.717, 1.165) is 6.07 Å². The van der Waals surface area contributed by atoms with E-state index in [-0.39, 0.29) is 0 Å². The molecule has 0 heterocycles. The summed E-state index contributed by atoms with van der Waals surface area (Å²) in [6.07, 6.45) is 0. The third kappa shape index (κ3) is 4.33. The van der Waals surface area contributed by atoms with Crippen molar-refractivity contribution in [2.75, 3.05) is 0 Å². The standard InChI is InChI=1S/C11H11Cl2FO4S/c1-11(2,3)18-10(15)7-4-6(19(13,16)17)5-8(14)9(7)12/h4-5H,1-3H3. The van der Waals surface area contributed by atoms with Crippen molar-refractivity contribution < 1.29 is 22.3 Å². The van der Waals surface area contributed by atoms with E-state index in [1.165, 1.54) is 0 Å². The molecule has 1 aromatic carbocycles. The van der Waals surface area contributed by atoms with Gasteiger partial charge in [0.05, 0.1) is 15.5 Å². The third-order valence-electron chi connectivity index (χ3n) is 1.90. The quantitative estimate of drug-likeness (QED) is 0.617. The van der Waals surface area contributed by atoms with E-state index in [4.69, 9.17) is 27.0 Å². The van der Waals surface area contributed by atoms with E-state index in [2.05, 4.69) is 0 Å². The Morgan fingerprint density at radius 3 is 2.26 bits per heavy atom. The zero-order chi connectivity index (χ0) is 15.0. The van der Waals surface area contributed by atoms with E-state index in [1.807, 2.05) is 0 Å². The summed E-state index contributed by atoms with van der Waals surface area (Å²) in [5.74, 6) is -2.00. The molecule has 0 radical (unpaired) electrons. The lowest BCUT2D eigenvalue weighted by molar-refractivity contribution is 0.00689. The Labute approximate surface area is 119 Å². The van der Waals surface area contributed by atoms with Crippen LogP contribution in [0.2, 0.25) is 5.02 Å². The maximum Gasteiger partial charge on any atom is 0.340 e. The molecular weight excluding hydrogens is 318 g/mol. The van der Waals surface area contributed by atoms with Gasteiger partial charge in [-0.1, -0.05) is 11.6 Å². The molecule has 0 fully saturated rings. The molecule has 106 valence electrons. The number of benzene rings is 1. The van der Waals surface area contributed by atoms with Gasteiger partial charge in [-0.3, -0.25) is 0 Å². The van der Waals surface area contributed by atoms with Crippen molar-refractivity contribution in [3.8, 4) is 0 Å². The summed E-state index contributed by atoms with van der Waals surface area (Å²) in [5, 5.41) is -0.515. The van der Waals surface area contributed by atoms with Crippen LogP contribution in [-0.2, 0) is 13.8 Å². The van der Waals surface area contributed by atoms with Gasteiger partial charge in [-0.25, -0.2) is 17.6 Å². The largest absolute Gasteiger partial charge is 0.456 e. The van der Waals surface area contributed by atoms with E-state index < -0.39 is 41.9 Å². The van der Waals surface area contributed by atoms with Gasteiger partial charge in [-0.15, -0.1) is 0 Å². The molecule has 0 spiro atoms. The van der Waals surface area contributed by atoms with Crippen LogP contribution >= 0.6 is 22.3 Å². The SMILES string of the molecule is CC(C)(C)OC(=O)c1cc(S(=O)(=O)Cl)cc(F)c1Cl. The van der Waals surface area contributed by atoms with Crippen LogP contribution in [0.15, 0.2) is 17.0 Å². The Kier molecular flexibility index (Phi) is 4.49. The van der Waals surface area contributed by atoms with Gasteiger partial charge < -0.3 is 4.74 Å². The third-order valence-corrected chi connectivity index (χ3v) is 3.62. The molecule has 0 aliphatic heterocycles. The van der Waals surface area contributed by atoms with Gasteiger partial charge in [-0.2, -0.15) is 0 Å². The molecule has 4 nitrogen and oxygen atoms in total. The lowest BCUT2D eigenvalue weighted by Crippen LogP contribution is -2.24. The van der Waals surface area contributed by atoms with Crippen molar-refractivity contribution in [3.05, 3.63) is 28.5 Å². The highest BCUT2D eigenvalue weighted by atomic mass is 35.7. The number of carbonyl (C=O) groups excluding carboxylic acids is 1. The molecule has 8 heteroatoms. The molecule has 0 aromatic heterocycles. The predicted octanol–water partition coefficient (Wildman–Crippen LogP) is 3.36. The van der Waals surface area contributed by atoms with Crippen LogP contribution in [-0.4, -0.2) is 20.0 Å². The van der Waals surface area contributed by atoms with Crippen molar-refractivity contribution >= 4 is 37.3 Å². The molecule has 1 rings (SSSR count). The van der Waals surface area contributed by atoms with E-state index in [9.17, 15) is 17.6 Å². The van der Waals surface area contributed by atoms with Crippen LogP contribution in [0.3, 0.4) is 0 Å². The maximum absolute atomic E-state index is 13.5. The number of hydrogen-bond donors (Lipinski definition) is 0. The zero-order valence-corrected chi connectivity index (χ0v) is 12.7. The van der Waals surface area contributed by atoms with Gasteiger partial charge in [0.2, 0.25) is 0 Å². The maximum atomic E-state index is 13.5. The van der Waals surface area contributed by atoms with Crippen molar-refractivity contribution in [3.63, 3.8) is 0 Å². The first-order valence-corrected chi connectivity index (χ1v) is 7.77. The lowest BCUT2D eigenvalue weighted by Gasteiger charge is -2.20. The average molecular weight is 329 g/mol. The number of ether oxygens (including phenoxy) is 1. The Bertz CT molecular complexity index is 620. The first-order chi connectivity index (χ1) is 8.42. The molecule has 19 heavy (non-hydrogen) atoms. The summed E-state index contributed by atoms with van der Waals surface area (Å²) in [7, 11) is 0.927. The minimum atomic E-state index is -4.18. The minimum Gasteiger partial charge on any atom is -0.456 e. The molecule has 0 N–H and O–H groups in total. The Balaban J connectivity index is 3.36. The lowest BCUT2D eigenvalue weighted by atomic mass is 10.1. The second-order valence-electron chi connectivity index (χ2n) is 4.71. The average Bonchev–Trinajstić information content (AvgIpc) is 2.17. The fourth-order valence-corrected chi connectivity index (χ4v) is 2.14. The number of hydrogen-bond acceptors (Lipinski definition) is 4. The summed E-state index contributed by atoms with van der Waals surface area (Å²) < 4.78 is 40.8. The monoisotopic (exact) mass is 328 g/mol. The van der Waals surface area contributed by atoms with Crippen molar-refractivity contribution in [1.82, 2.24) is 0 Å². The normalized spacial score (nSPS) is 12.3. The first-order valence-electron chi connectivity index (χ1n) is 5.09. The molecule has 1 aromatic rings.